The van der Waals surface area contributed by atoms with Crippen molar-refractivity contribution in [3.63, 3.8) is 0 Å². The normalized spacial score (nSPS) is 12.2. The molecule has 88 valence electrons. The lowest BCUT2D eigenvalue weighted by Crippen LogP contribution is -2.08. The van der Waals surface area contributed by atoms with E-state index in [0.29, 0.717) is 0 Å². The van der Waals surface area contributed by atoms with Crippen LogP contribution in [0, 0.1) is 6.92 Å². The van der Waals surface area contributed by atoms with E-state index in [1.54, 1.807) is 12.4 Å². The van der Waals surface area contributed by atoms with Gasteiger partial charge in [-0.05, 0) is 53.0 Å². The minimum atomic E-state index is 0.175. The van der Waals surface area contributed by atoms with Crippen molar-refractivity contribution in [2.75, 3.05) is 5.32 Å². The predicted molar refractivity (Wildman–Crippen MR) is 72.9 cm³/mol. The standard InChI is InChI=1S/C13H14BrN3/c1-9-5-7-16-13(12(9)14)17-10(2)11-4-3-6-15-8-11/h3-8,10H,1-2H3,(H,16,17). The number of rotatable bonds is 3. The first-order chi connectivity index (χ1) is 8.18. The minimum absolute atomic E-state index is 0.175. The van der Waals surface area contributed by atoms with E-state index in [2.05, 4.69) is 38.1 Å². The maximum absolute atomic E-state index is 4.33. The van der Waals surface area contributed by atoms with Crippen molar-refractivity contribution in [1.82, 2.24) is 9.97 Å². The van der Waals surface area contributed by atoms with Gasteiger partial charge in [0.05, 0.1) is 10.5 Å². The van der Waals surface area contributed by atoms with Crippen molar-refractivity contribution < 1.29 is 0 Å². The maximum atomic E-state index is 4.33. The topological polar surface area (TPSA) is 37.8 Å². The van der Waals surface area contributed by atoms with E-state index >= 15 is 0 Å². The highest BCUT2D eigenvalue weighted by atomic mass is 79.9. The smallest absolute Gasteiger partial charge is 0.141 e. The highest BCUT2D eigenvalue weighted by Gasteiger charge is 2.09. The number of halogens is 1. The lowest BCUT2D eigenvalue weighted by atomic mass is 10.1. The number of nitrogens with zero attached hydrogens (tertiary/aromatic N) is 2. The van der Waals surface area contributed by atoms with Gasteiger partial charge in [0.2, 0.25) is 0 Å². The molecule has 3 nitrogen and oxygen atoms in total. The number of aromatic nitrogens is 2. The van der Waals surface area contributed by atoms with Crippen LogP contribution in [0.2, 0.25) is 0 Å². The Morgan fingerprint density at radius 1 is 1.29 bits per heavy atom. The van der Waals surface area contributed by atoms with Crippen molar-refractivity contribution in [2.45, 2.75) is 19.9 Å². The van der Waals surface area contributed by atoms with E-state index in [0.717, 1.165) is 15.9 Å². The highest BCUT2D eigenvalue weighted by Crippen LogP contribution is 2.26. The largest absolute Gasteiger partial charge is 0.363 e. The van der Waals surface area contributed by atoms with Gasteiger partial charge in [-0.1, -0.05) is 6.07 Å². The third-order valence-corrected chi connectivity index (χ3v) is 3.62. The molecule has 1 atom stereocenters. The van der Waals surface area contributed by atoms with Crippen LogP contribution < -0.4 is 5.32 Å². The lowest BCUT2D eigenvalue weighted by Gasteiger charge is -2.16. The van der Waals surface area contributed by atoms with Gasteiger partial charge in [-0.15, -0.1) is 0 Å². The van der Waals surface area contributed by atoms with Gasteiger partial charge in [0.25, 0.3) is 0 Å². The van der Waals surface area contributed by atoms with Crippen LogP contribution in [0.1, 0.15) is 24.1 Å². The molecule has 2 rings (SSSR count). The zero-order valence-electron chi connectivity index (χ0n) is 9.81. The summed E-state index contributed by atoms with van der Waals surface area (Å²) in [6, 6.07) is 6.14. The average Bonchev–Trinajstić information content (AvgIpc) is 2.36. The molecule has 2 heterocycles. The van der Waals surface area contributed by atoms with Crippen molar-refractivity contribution in [3.05, 3.63) is 52.4 Å². The van der Waals surface area contributed by atoms with Crippen LogP contribution in [0.25, 0.3) is 0 Å². The minimum Gasteiger partial charge on any atom is -0.363 e. The van der Waals surface area contributed by atoms with Gasteiger partial charge in [-0.2, -0.15) is 0 Å². The van der Waals surface area contributed by atoms with Gasteiger partial charge in [0.15, 0.2) is 0 Å². The van der Waals surface area contributed by atoms with Crippen LogP contribution in [-0.2, 0) is 0 Å². The summed E-state index contributed by atoms with van der Waals surface area (Å²) in [6.07, 6.45) is 5.44. The molecule has 2 aromatic heterocycles. The molecule has 0 aromatic carbocycles. The molecule has 0 spiro atoms. The predicted octanol–water partition coefficient (Wildman–Crippen LogP) is 3.72. The third kappa shape index (κ3) is 2.82. The van der Waals surface area contributed by atoms with Crippen molar-refractivity contribution in [1.29, 1.82) is 0 Å². The second kappa shape index (κ2) is 5.27. The average molecular weight is 292 g/mol. The van der Waals surface area contributed by atoms with Gasteiger partial charge in [0, 0.05) is 18.6 Å². The number of anilines is 1. The number of nitrogens with one attached hydrogen (secondary N) is 1. The van der Waals surface area contributed by atoms with Crippen LogP contribution in [-0.4, -0.2) is 9.97 Å². The zero-order chi connectivity index (χ0) is 12.3. The molecule has 0 fully saturated rings. The molecule has 0 aliphatic rings. The summed E-state index contributed by atoms with van der Waals surface area (Å²) >= 11 is 3.54. The summed E-state index contributed by atoms with van der Waals surface area (Å²) in [5, 5.41) is 3.37. The molecular weight excluding hydrogens is 278 g/mol. The summed E-state index contributed by atoms with van der Waals surface area (Å²) in [5.41, 5.74) is 2.31. The van der Waals surface area contributed by atoms with Gasteiger partial charge in [0.1, 0.15) is 5.82 Å². The Hall–Kier alpha value is -1.42. The first-order valence-corrected chi connectivity index (χ1v) is 6.25. The monoisotopic (exact) mass is 291 g/mol. The molecule has 0 saturated heterocycles. The number of hydrogen-bond donors (Lipinski definition) is 1. The summed E-state index contributed by atoms with van der Waals surface area (Å²) < 4.78 is 1.01. The third-order valence-electron chi connectivity index (χ3n) is 2.62. The molecule has 2 aromatic rings. The Balaban J connectivity index is 2.19. The summed E-state index contributed by atoms with van der Waals surface area (Å²) in [6.45, 7) is 4.14. The van der Waals surface area contributed by atoms with Crippen molar-refractivity contribution >= 4 is 21.7 Å². The molecular formula is C13H14BrN3. The highest BCUT2D eigenvalue weighted by molar-refractivity contribution is 9.10. The van der Waals surface area contributed by atoms with Crippen LogP contribution in [0.3, 0.4) is 0 Å². The number of pyridine rings is 2. The molecule has 0 aliphatic carbocycles. The van der Waals surface area contributed by atoms with E-state index in [1.165, 1.54) is 5.56 Å². The lowest BCUT2D eigenvalue weighted by molar-refractivity contribution is 0.864. The van der Waals surface area contributed by atoms with Crippen molar-refractivity contribution in [2.24, 2.45) is 0 Å². The Bertz CT molecular complexity index is 499. The summed E-state index contributed by atoms with van der Waals surface area (Å²) in [4.78, 5) is 8.44. The Morgan fingerprint density at radius 3 is 2.82 bits per heavy atom. The summed E-state index contributed by atoms with van der Waals surface area (Å²) in [5.74, 6) is 0.862. The maximum Gasteiger partial charge on any atom is 0.141 e. The molecule has 0 saturated carbocycles. The fourth-order valence-corrected chi connectivity index (χ4v) is 1.91. The quantitative estimate of drug-likeness (QED) is 0.937. The second-order valence-electron chi connectivity index (χ2n) is 3.94. The van der Waals surface area contributed by atoms with Gasteiger partial charge in [-0.3, -0.25) is 4.98 Å². The van der Waals surface area contributed by atoms with E-state index < -0.39 is 0 Å². The number of aryl methyl sites for hydroxylation is 1. The molecule has 4 heteroatoms. The van der Waals surface area contributed by atoms with Crippen LogP contribution >= 0.6 is 15.9 Å². The fourth-order valence-electron chi connectivity index (χ4n) is 1.56. The van der Waals surface area contributed by atoms with E-state index in [4.69, 9.17) is 0 Å². The second-order valence-corrected chi connectivity index (χ2v) is 4.74. The Kier molecular flexibility index (Phi) is 3.74. The van der Waals surface area contributed by atoms with Gasteiger partial charge < -0.3 is 5.32 Å². The number of hydrogen-bond acceptors (Lipinski definition) is 3. The summed E-state index contributed by atoms with van der Waals surface area (Å²) in [7, 11) is 0. The molecule has 0 radical (unpaired) electrons. The molecule has 0 amide bonds. The van der Waals surface area contributed by atoms with E-state index in [9.17, 15) is 0 Å². The van der Waals surface area contributed by atoms with Crippen molar-refractivity contribution in [3.8, 4) is 0 Å². The molecule has 0 bridgehead atoms. The van der Waals surface area contributed by atoms with Crippen LogP contribution in [0.4, 0.5) is 5.82 Å². The first-order valence-electron chi connectivity index (χ1n) is 5.46. The molecule has 1 unspecified atom stereocenters. The first kappa shape index (κ1) is 12.0. The Labute approximate surface area is 109 Å². The van der Waals surface area contributed by atoms with Crippen LogP contribution in [0.15, 0.2) is 41.3 Å². The van der Waals surface area contributed by atoms with Gasteiger partial charge >= 0.3 is 0 Å². The Morgan fingerprint density at radius 2 is 2.12 bits per heavy atom. The zero-order valence-corrected chi connectivity index (χ0v) is 11.4. The van der Waals surface area contributed by atoms with Gasteiger partial charge in [-0.25, -0.2) is 4.98 Å². The van der Waals surface area contributed by atoms with E-state index in [-0.39, 0.29) is 6.04 Å². The molecule has 0 aliphatic heterocycles. The molecule has 17 heavy (non-hydrogen) atoms. The molecule has 1 N–H and O–H groups in total. The SMILES string of the molecule is Cc1ccnc(NC(C)c2cccnc2)c1Br. The van der Waals surface area contributed by atoms with Crippen LogP contribution in [0.5, 0.6) is 0 Å². The van der Waals surface area contributed by atoms with E-state index in [1.807, 2.05) is 31.3 Å². The fraction of sp³-hybridized carbons (Fsp3) is 0.231.